The Kier molecular flexibility index (Phi) is 6.99. The minimum absolute atomic E-state index is 0.209. The molecular weight excluding hydrogens is 497 g/mol. The predicted octanol–water partition coefficient (Wildman–Crippen LogP) is 1.94. The zero-order valence-electron chi connectivity index (χ0n) is 19.1. The molecular formula is C24H21F3N4O6. The van der Waals surface area contributed by atoms with Gasteiger partial charge in [-0.3, -0.25) is 24.5 Å². The van der Waals surface area contributed by atoms with Crippen molar-refractivity contribution in [2.24, 2.45) is 0 Å². The second-order valence-electron chi connectivity index (χ2n) is 8.62. The number of alkyl halides is 3. The van der Waals surface area contributed by atoms with Gasteiger partial charge in [-0.1, -0.05) is 12.1 Å². The van der Waals surface area contributed by atoms with E-state index in [1.807, 2.05) is 18.2 Å². The molecule has 1 unspecified atom stereocenters. The van der Waals surface area contributed by atoms with E-state index in [4.69, 9.17) is 9.90 Å². The van der Waals surface area contributed by atoms with Crippen LogP contribution < -0.4 is 16.0 Å². The molecule has 0 saturated carbocycles. The third-order valence-corrected chi connectivity index (χ3v) is 6.13. The number of aliphatic carboxylic acids is 1. The van der Waals surface area contributed by atoms with Crippen LogP contribution in [-0.2, 0) is 34.0 Å². The smallest absolute Gasteiger partial charge is 0.475 e. The molecule has 2 aromatic rings. The van der Waals surface area contributed by atoms with E-state index < -0.39 is 24.1 Å². The van der Waals surface area contributed by atoms with Crippen LogP contribution in [0.25, 0.3) is 0 Å². The SMILES string of the molecule is O=C(O)C(F)(F)F.O=C1CCC(N2Cc3ccc(C(=O)Nc4ccc5c(c4)CNC5)cc3C2=O)C(=O)N1. The highest BCUT2D eigenvalue weighted by Crippen LogP contribution is 2.28. The number of amides is 4. The zero-order valence-corrected chi connectivity index (χ0v) is 19.1. The second kappa shape index (κ2) is 10.0. The van der Waals surface area contributed by atoms with Gasteiger partial charge < -0.3 is 20.6 Å². The first kappa shape index (κ1) is 25.8. The van der Waals surface area contributed by atoms with Gasteiger partial charge in [0, 0.05) is 42.9 Å². The summed E-state index contributed by atoms with van der Waals surface area (Å²) in [6.07, 6.45) is -4.56. The van der Waals surface area contributed by atoms with E-state index in [1.165, 1.54) is 10.5 Å². The highest BCUT2D eigenvalue weighted by atomic mass is 19.4. The molecule has 4 N–H and O–H groups in total. The fourth-order valence-electron chi connectivity index (χ4n) is 4.27. The Bertz CT molecular complexity index is 1310. The molecule has 1 saturated heterocycles. The molecule has 13 heteroatoms. The number of halogens is 3. The Morgan fingerprint density at radius 1 is 1.00 bits per heavy atom. The average Bonchev–Trinajstić information content (AvgIpc) is 3.42. The summed E-state index contributed by atoms with van der Waals surface area (Å²) < 4.78 is 31.7. The molecule has 4 amide bonds. The first-order valence-corrected chi connectivity index (χ1v) is 11.2. The van der Waals surface area contributed by atoms with Crippen LogP contribution in [0, 0.1) is 0 Å². The van der Waals surface area contributed by atoms with Crippen molar-refractivity contribution >= 4 is 35.3 Å². The molecule has 1 fully saturated rings. The van der Waals surface area contributed by atoms with E-state index in [9.17, 15) is 32.3 Å². The van der Waals surface area contributed by atoms with Gasteiger partial charge in [0.2, 0.25) is 11.8 Å². The molecule has 3 heterocycles. The summed E-state index contributed by atoms with van der Waals surface area (Å²) in [4.78, 5) is 59.6. The number of imide groups is 1. The van der Waals surface area contributed by atoms with Crippen LogP contribution in [0.5, 0.6) is 0 Å². The van der Waals surface area contributed by atoms with Crippen LogP contribution in [0.3, 0.4) is 0 Å². The molecule has 2 aromatic carbocycles. The van der Waals surface area contributed by atoms with Crippen molar-refractivity contribution < 1.29 is 42.3 Å². The summed E-state index contributed by atoms with van der Waals surface area (Å²) in [5.74, 6) is -4.11. The van der Waals surface area contributed by atoms with Gasteiger partial charge in [-0.25, -0.2) is 4.79 Å². The number of nitrogens with one attached hydrogen (secondary N) is 3. The van der Waals surface area contributed by atoms with E-state index in [-0.39, 0.29) is 24.1 Å². The third-order valence-electron chi connectivity index (χ3n) is 6.13. The maximum Gasteiger partial charge on any atom is 0.490 e. The summed E-state index contributed by atoms with van der Waals surface area (Å²) in [6, 6.07) is 10.2. The normalized spacial score (nSPS) is 18.4. The lowest BCUT2D eigenvalue weighted by molar-refractivity contribution is -0.192. The molecule has 0 spiro atoms. The molecule has 5 rings (SSSR count). The number of carbonyl (C=O) groups excluding carboxylic acids is 4. The van der Waals surface area contributed by atoms with Crippen LogP contribution in [0.2, 0.25) is 0 Å². The van der Waals surface area contributed by atoms with Gasteiger partial charge in [-0.05, 0) is 47.4 Å². The number of carboxylic acids is 1. The number of fused-ring (bicyclic) bond motifs is 2. The van der Waals surface area contributed by atoms with Crippen molar-refractivity contribution in [3.05, 3.63) is 64.2 Å². The highest BCUT2D eigenvalue weighted by molar-refractivity contribution is 6.08. The summed E-state index contributed by atoms with van der Waals surface area (Å²) in [6.45, 7) is 1.91. The molecule has 0 aliphatic carbocycles. The average molecular weight is 518 g/mol. The third kappa shape index (κ3) is 5.61. The van der Waals surface area contributed by atoms with Crippen LogP contribution in [-0.4, -0.2) is 51.8 Å². The van der Waals surface area contributed by atoms with Crippen LogP contribution in [0.1, 0.15) is 50.2 Å². The van der Waals surface area contributed by atoms with E-state index >= 15 is 0 Å². The second-order valence-corrected chi connectivity index (χ2v) is 8.62. The zero-order chi connectivity index (χ0) is 26.9. The van der Waals surface area contributed by atoms with Gasteiger partial charge in [-0.2, -0.15) is 13.2 Å². The van der Waals surface area contributed by atoms with Crippen molar-refractivity contribution in [2.75, 3.05) is 5.32 Å². The molecule has 194 valence electrons. The molecule has 0 radical (unpaired) electrons. The molecule has 0 aromatic heterocycles. The van der Waals surface area contributed by atoms with Crippen molar-refractivity contribution in [1.82, 2.24) is 15.5 Å². The minimum atomic E-state index is -5.08. The van der Waals surface area contributed by atoms with Gasteiger partial charge >= 0.3 is 12.1 Å². The number of hydrogen-bond acceptors (Lipinski definition) is 6. The van der Waals surface area contributed by atoms with Gasteiger partial charge in [-0.15, -0.1) is 0 Å². The highest BCUT2D eigenvalue weighted by Gasteiger charge is 2.39. The Morgan fingerprint density at radius 2 is 1.68 bits per heavy atom. The molecule has 10 nitrogen and oxygen atoms in total. The number of hydrogen-bond donors (Lipinski definition) is 4. The summed E-state index contributed by atoms with van der Waals surface area (Å²) in [5, 5.41) is 15.6. The number of benzene rings is 2. The van der Waals surface area contributed by atoms with Gasteiger partial charge in [0.15, 0.2) is 0 Å². The molecule has 3 aliphatic heterocycles. The number of piperidine rings is 1. The van der Waals surface area contributed by atoms with Crippen molar-refractivity contribution in [3.63, 3.8) is 0 Å². The maximum absolute atomic E-state index is 12.9. The van der Waals surface area contributed by atoms with E-state index in [0.29, 0.717) is 29.8 Å². The fraction of sp³-hybridized carbons (Fsp3) is 0.292. The van der Waals surface area contributed by atoms with Crippen molar-refractivity contribution in [3.8, 4) is 0 Å². The topological polar surface area (TPSA) is 145 Å². The van der Waals surface area contributed by atoms with Gasteiger partial charge in [0.25, 0.3) is 11.8 Å². The van der Waals surface area contributed by atoms with Crippen molar-refractivity contribution in [2.45, 2.75) is 44.7 Å². The Balaban J connectivity index is 0.000000405. The Labute approximate surface area is 207 Å². The lowest BCUT2D eigenvalue weighted by Gasteiger charge is -2.29. The van der Waals surface area contributed by atoms with Crippen LogP contribution >= 0.6 is 0 Å². The van der Waals surface area contributed by atoms with Crippen LogP contribution in [0.4, 0.5) is 18.9 Å². The molecule has 37 heavy (non-hydrogen) atoms. The van der Waals surface area contributed by atoms with Gasteiger partial charge in [0.1, 0.15) is 6.04 Å². The largest absolute Gasteiger partial charge is 0.490 e. The number of carboxylic acid groups (broad SMARTS) is 1. The fourth-order valence-corrected chi connectivity index (χ4v) is 4.27. The Morgan fingerprint density at radius 3 is 2.35 bits per heavy atom. The number of nitrogens with zero attached hydrogens (tertiary/aromatic N) is 1. The van der Waals surface area contributed by atoms with E-state index in [2.05, 4.69) is 16.0 Å². The predicted molar refractivity (Wildman–Crippen MR) is 121 cm³/mol. The summed E-state index contributed by atoms with van der Waals surface area (Å²) in [7, 11) is 0. The quantitative estimate of drug-likeness (QED) is 0.455. The van der Waals surface area contributed by atoms with Crippen molar-refractivity contribution in [1.29, 1.82) is 0 Å². The van der Waals surface area contributed by atoms with E-state index in [1.54, 1.807) is 18.2 Å². The number of rotatable bonds is 3. The molecule has 3 aliphatic rings. The summed E-state index contributed by atoms with van der Waals surface area (Å²) in [5.41, 5.74) is 4.67. The molecule has 1 atom stereocenters. The first-order chi connectivity index (χ1) is 17.4. The van der Waals surface area contributed by atoms with Gasteiger partial charge in [0.05, 0.1) is 0 Å². The Hall–Kier alpha value is -4.26. The van der Waals surface area contributed by atoms with Crippen LogP contribution in [0.15, 0.2) is 36.4 Å². The summed E-state index contributed by atoms with van der Waals surface area (Å²) >= 11 is 0. The lowest BCUT2D eigenvalue weighted by Crippen LogP contribution is -2.52. The lowest BCUT2D eigenvalue weighted by atomic mass is 10.0. The standard InChI is InChI=1S/C22H20N4O4.C2HF3O2/c27-19-6-5-18(21(29)25-19)26-11-14-2-1-12(8-17(14)22(26)30)20(28)24-16-4-3-13-9-23-10-15(13)7-16;3-2(4,5)1(6)7/h1-4,7-8,18,23H,5-6,9-11H2,(H,24,28)(H,25,27,29);(H,6,7). The monoisotopic (exact) mass is 518 g/mol. The minimum Gasteiger partial charge on any atom is -0.475 e. The first-order valence-electron chi connectivity index (χ1n) is 11.2. The maximum atomic E-state index is 12.9. The molecule has 0 bridgehead atoms. The number of carbonyl (C=O) groups is 5. The number of anilines is 1. The van der Waals surface area contributed by atoms with E-state index in [0.717, 1.165) is 24.2 Å².